The van der Waals surface area contributed by atoms with Crippen LogP contribution in [-0.2, 0) is 6.42 Å². The van der Waals surface area contributed by atoms with Gasteiger partial charge in [0.2, 0.25) is 0 Å². The highest BCUT2D eigenvalue weighted by Gasteiger charge is 2.24. The molecule has 0 radical (unpaired) electrons. The number of rotatable bonds is 1. The van der Waals surface area contributed by atoms with Crippen LogP contribution in [0.2, 0.25) is 5.02 Å². The van der Waals surface area contributed by atoms with E-state index in [1.165, 1.54) is 0 Å². The molecular formula is C16H11ClO. The molecule has 0 spiro atoms. The molecule has 0 unspecified atom stereocenters. The highest BCUT2D eigenvalue weighted by molar-refractivity contribution is 6.31. The first-order valence-electron chi connectivity index (χ1n) is 5.83. The normalized spacial score (nSPS) is 16.1. The zero-order chi connectivity index (χ0) is 12.5. The van der Waals surface area contributed by atoms with E-state index in [9.17, 15) is 4.79 Å². The van der Waals surface area contributed by atoms with Crippen molar-refractivity contribution < 1.29 is 4.79 Å². The quantitative estimate of drug-likeness (QED) is 0.699. The van der Waals surface area contributed by atoms with Crippen LogP contribution < -0.4 is 0 Å². The molecule has 0 N–H and O–H groups in total. The van der Waals surface area contributed by atoms with Gasteiger partial charge in [0, 0.05) is 22.6 Å². The summed E-state index contributed by atoms with van der Waals surface area (Å²) in [5.74, 6) is 0.116. The van der Waals surface area contributed by atoms with Crippen LogP contribution in [0.5, 0.6) is 0 Å². The van der Waals surface area contributed by atoms with E-state index in [1.807, 2.05) is 48.5 Å². The van der Waals surface area contributed by atoms with Gasteiger partial charge in [-0.1, -0.05) is 41.9 Å². The van der Waals surface area contributed by atoms with Crippen molar-refractivity contribution >= 4 is 23.5 Å². The molecule has 0 amide bonds. The maximum absolute atomic E-state index is 12.2. The Labute approximate surface area is 111 Å². The van der Waals surface area contributed by atoms with E-state index >= 15 is 0 Å². The Morgan fingerprint density at radius 3 is 2.61 bits per heavy atom. The first kappa shape index (κ1) is 11.2. The predicted octanol–water partition coefficient (Wildman–Crippen LogP) is 4.16. The first-order valence-corrected chi connectivity index (χ1v) is 6.20. The molecule has 0 heterocycles. The molecule has 3 rings (SSSR count). The summed E-state index contributed by atoms with van der Waals surface area (Å²) in [5.41, 5.74) is 3.69. The standard InChI is InChI=1S/C16H11ClO/c17-14-6-7-15-12(10-14)9-13(16(15)18)8-11-4-2-1-3-5-11/h1-8,10H,9H2/b13-8+. The number of fused-ring (bicyclic) bond motifs is 1. The average molecular weight is 255 g/mol. The monoisotopic (exact) mass is 254 g/mol. The largest absolute Gasteiger partial charge is 0.289 e. The number of hydrogen-bond acceptors (Lipinski definition) is 1. The third-order valence-corrected chi connectivity index (χ3v) is 3.36. The summed E-state index contributed by atoms with van der Waals surface area (Å²) in [6, 6.07) is 15.3. The molecule has 0 aromatic heterocycles. The van der Waals surface area contributed by atoms with Gasteiger partial charge in [-0.15, -0.1) is 0 Å². The van der Waals surface area contributed by atoms with E-state index < -0.39 is 0 Å². The van der Waals surface area contributed by atoms with E-state index in [2.05, 4.69) is 0 Å². The fraction of sp³-hybridized carbons (Fsp3) is 0.0625. The number of carbonyl (C=O) groups excluding carboxylic acids is 1. The number of allylic oxidation sites excluding steroid dienone is 1. The van der Waals surface area contributed by atoms with Crippen LogP contribution in [0.4, 0.5) is 0 Å². The Morgan fingerprint density at radius 2 is 1.83 bits per heavy atom. The van der Waals surface area contributed by atoms with Gasteiger partial charge in [-0.2, -0.15) is 0 Å². The maximum Gasteiger partial charge on any atom is 0.189 e. The Kier molecular flexibility index (Phi) is 2.77. The molecular weight excluding hydrogens is 244 g/mol. The summed E-state index contributed by atoms with van der Waals surface area (Å²) in [6.45, 7) is 0. The molecule has 2 aromatic carbocycles. The van der Waals surface area contributed by atoms with Crippen LogP contribution in [-0.4, -0.2) is 5.78 Å². The zero-order valence-electron chi connectivity index (χ0n) is 9.69. The van der Waals surface area contributed by atoms with Crippen LogP contribution in [0, 0.1) is 0 Å². The Hall–Kier alpha value is -1.86. The number of carbonyl (C=O) groups is 1. The second-order valence-electron chi connectivity index (χ2n) is 4.39. The first-order chi connectivity index (χ1) is 8.74. The number of halogens is 1. The van der Waals surface area contributed by atoms with Crippen molar-refractivity contribution in [2.45, 2.75) is 6.42 Å². The van der Waals surface area contributed by atoms with Gasteiger partial charge in [-0.05, 0) is 35.4 Å². The van der Waals surface area contributed by atoms with Crippen molar-refractivity contribution in [1.82, 2.24) is 0 Å². The van der Waals surface area contributed by atoms with E-state index in [0.29, 0.717) is 11.4 Å². The molecule has 1 nitrogen and oxygen atoms in total. The summed E-state index contributed by atoms with van der Waals surface area (Å²) >= 11 is 5.95. The highest BCUT2D eigenvalue weighted by atomic mass is 35.5. The molecule has 88 valence electrons. The minimum Gasteiger partial charge on any atom is -0.289 e. The summed E-state index contributed by atoms with van der Waals surface area (Å²) in [6.07, 6.45) is 2.62. The molecule has 2 aromatic rings. The van der Waals surface area contributed by atoms with Crippen molar-refractivity contribution in [2.75, 3.05) is 0 Å². The average Bonchev–Trinajstić information content (AvgIpc) is 2.67. The van der Waals surface area contributed by atoms with Crippen molar-refractivity contribution in [1.29, 1.82) is 0 Å². The van der Waals surface area contributed by atoms with Gasteiger partial charge in [0.15, 0.2) is 5.78 Å². The lowest BCUT2D eigenvalue weighted by molar-refractivity contribution is 0.104. The fourth-order valence-corrected chi connectivity index (χ4v) is 2.45. The lowest BCUT2D eigenvalue weighted by Gasteiger charge is -1.95. The fourth-order valence-electron chi connectivity index (χ4n) is 2.26. The molecule has 0 bridgehead atoms. The molecule has 0 atom stereocenters. The van der Waals surface area contributed by atoms with Crippen LogP contribution in [0.15, 0.2) is 54.1 Å². The highest BCUT2D eigenvalue weighted by Crippen LogP contribution is 2.29. The van der Waals surface area contributed by atoms with Crippen LogP contribution in [0.3, 0.4) is 0 Å². The van der Waals surface area contributed by atoms with Crippen LogP contribution in [0.25, 0.3) is 6.08 Å². The van der Waals surface area contributed by atoms with E-state index in [0.717, 1.165) is 22.3 Å². The molecule has 0 fully saturated rings. The molecule has 1 aliphatic carbocycles. The Balaban J connectivity index is 2.00. The SMILES string of the molecule is O=C1/C(=C/c2ccccc2)Cc2cc(Cl)ccc21. The van der Waals surface area contributed by atoms with Gasteiger partial charge in [0.05, 0.1) is 0 Å². The lowest BCUT2D eigenvalue weighted by Crippen LogP contribution is -1.94. The summed E-state index contributed by atoms with van der Waals surface area (Å²) in [7, 11) is 0. The zero-order valence-corrected chi connectivity index (χ0v) is 10.4. The van der Waals surface area contributed by atoms with Crippen LogP contribution in [0.1, 0.15) is 21.5 Å². The molecule has 18 heavy (non-hydrogen) atoms. The third-order valence-electron chi connectivity index (χ3n) is 3.12. The van der Waals surface area contributed by atoms with Gasteiger partial charge in [0.25, 0.3) is 0 Å². The lowest BCUT2D eigenvalue weighted by atomic mass is 10.1. The molecule has 1 aliphatic rings. The van der Waals surface area contributed by atoms with E-state index in [4.69, 9.17) is 11.6 Å². The second kappa shape index (κ2) is 4.43. The maximum atomic E-state index is 12.2. The molecule has 0 aliphatic heterocycles. The summed E-state index contributed by atoms with van der Waals surface area (Å²) in [4.78, 5) is 12.2. The number of benzene rings is 2. The summed E-state index contributed by atoms with van der Waals surface area (Å²) in [5, 5.41) is 0.683. The van der Waals surface area contributed by atoms with Crippen molar-refractivity contribution in [2.24, 2.45) is 0 Å². The summed E-state index contributed by atoms with van der Waals surface area (Å²) < 4.78 is 0. The smallest absolute Gasteiger partial charge is 0.189 e. The molecule has 0 saturated heterocycles. The molecule has 2 heteroatoms. The predicted molar refractivity (Wildman–Crippen MR) is 73.9 cm³/mol. The van der Waals surface area contributed by atoms with Gasteiger partial charge in [-0.3, -0.25) is 4.79 Å². The minimum absolute atomic E-state index is 0.116. The Morgan fingerprint density at radius 1 is 1.06 bits per heavy atom. The van der Waals surface area contributed by atoms with E-state index in [1.54, 1.807) is 6.07 Å². The Bertz CT molecular complexity index is 641. The number of hydrogen-bond donors (Lipinski definition) is 0. The third kappa shape index (κ3) is 1.98. The van der Waals surface area contributed by atoms with Gasteiger partial charge in [-0.25, -0.2) is 0 Å². The van der Waals surface area contributed by atoms with Crippen LogP contribution >= 0.6 is 11.6 Å². The minimum atomic E-state index is 0.116. The van der Waals surface area contributed by atoms with Gasteiger partial charge < -0.3 is 0 Å². The van der Waals surface area contributed by atoms with Gasteiger partial charge >= 0.3 is 0 Å². The van der Waals surface area contributed by atoms with E-state index in [-0.39, 0.29) is 5.78 Å². The van der Waals surface area contributed by atoms with Gasteiger partial charge in [0.1, 0.15) is 0 Å². The molecule has 0 saturated carbocycles. The van der Waals surface area contributed by atoms with Crippen molar-refractivity contribution in [3.63, 3.8) is 0 Å². The second-order valence-corrected chi connectivity index (χ2v) is 4.82. The number of Topliss-reactive ketones (excluding diaryl/α,β-unsaturated/α-hetero) is 1. The topological polar surface area (TPSA) is 17.1 Å². The van der Waals surface area contributed by atoms with Crippen molar-refractivity contribution in [3.05, 3.63) is 75.8 Å². The number of ketones is 1. The van der Waals surface area contributed by atoms with Crippen molar-refractivity contribution in [3.8, 4) is 0 Å².